The first-order valence-corrected chi connectivity index (χ1v) is 5.77. The van der Waals surface area contributed by atoms with Gasteiger partial charge in [-0.2, -0.15) is 0 Å². The molecule has 1 aromatic carbocycles. The van der Waals surface area contributed by atoms with Gasteiger partial charge in [-0.15, -0.1) is 0 Å². The van der Waals surface area contributed by atoms with Crippen molar-refractivity contribution < 1.29 is 13.9 Å². The van der Waals surface area contributed by atoms with Crippen molar-refractivity contribution in [3.63, 3.8) is 0 Å². The molecule has 0 aliphatic carbocycles. The van der Waals surface area contributed by atoms with Gasteiger partial charge >= 0.3 is 0 Å². The lowest BCUT2D eigenvalue weighted by Crippen LogP contribution is -2.35. The number of ether oxygens (including phenoxy) is 2. The summed E-state index contributed by atoms with van der Waals surface area (Å²) in [6, 6.07) is 7.92. The van der Waals surface area contributed by atoms with Gasteiger partial charge in [0.25, 0.3) is 0 Å². The maximum Gasteiger partial charge on any atom is 0.135 e. The van der Waals surface area contributed by atoms with E-state index in [1.54, 1.807) is 0 Å². The zero-order valence-electron chi connectivity index (χ0n) is 9.52. The quantitative estimate of drug-likeness (QED) is 0.875. The molecule has 17 heavy (non-hydrogen) atoms. The summed E-state index contributed by atoms with van der Waals surface area (Å²) >= 11 is 0. The Hall–Kier alpha value is -1.36. The Morgan fingerprint density at radius 3 is 2.82 bits per heavy atom. The van der Waals surface area contributed by atoms with E-state index in [1.165, 1.54) is 0 Å². The fourth-order valence-electron chi connectivity index (χ4n) is 1.99. The summed E-state index contributed by atoms with van der Waals surface area (Å²) in [5.74, 6) is 0.834. The molecule has 0 radical (unpaired) electrons. The molecule has 0 amide bonds. The smallest absolute Gasteiger partial charge is 0.135 e. The summed E-state index contributed by atoms with van der Waals surface area (Å²) in [5, 5.41) is 1.08. The number of nitrogens with two attached hydrogens (primary N) is 1. The van der Waals surface area contributed by atoms with Crippen LogP contribution < -0.4 is 5.73 Å². The van der Waals surface area contributed by atoms with E-state index < -0.39 is 0 Å². The molecule has 0 bridgehead atoms. The second-order valence-corrected chi connectivity index (χ2v) is 4.17. The minimum Gasteiger partial charge on any atom is -0.458 e. The fraction of sp³-hybridized carbons (Fsp3) is 0.385. The van der Waals surface area contributed by atoms with Crippen LogP contribution in [0.3, 0.4) is 0 Å². The molecular formula is C13H15NO3. The lowest BCUT2D eigenvalue weighted by atomic mass is 10.1. The summed E-state index contributed by atoms with van der Waals surface area (Å²) in [7, 11) is 0. The van der Waals surface area contributed by atoms with Crippen molar-refractivity contribution in [2.24, 2.45) is 5.73 Å². The molecule has 1 fully saturated rings. The molecule has 2 heterocycles. The van der Waals surface area contributed by atoms with Crippen molar-refractivity contribution in [3.8, 4) is 0 Å². The first kappa shape index (κ1) is 10.8. The number of hydrogen-bond acceptors (Lipinski definition) is 4. The highest BCUT2D eigenvalue weighted by Gasteiger charge is 2.20. The van der Waals surface area contributed by atoms with Crippen LogP contribution in [0.5, 0.6) is 0 Å². The third-order valence-electron chi connectivity index (χ3n) is 3.04. The highest BCUT2D eigenvalue weighted by molar-refractivity contribution is 5.82. The first-order valence-electron chi connectivity index (χ1n) is 5.77. The summed E-state index contributed by atoms with van der Waals surface area (Å²) in [6.45, 7) is 2.29. The van der Waals surface area contributed by atoms with E-state index in [0.29, 0.717) is 26.4 Å². The topological polar surface area (TPSA) is 57.6 Å². The Balaban J connectivity index is 1.86. The predicted octanol–water partition coefficient (Wildman–Crippen LogP) is 1.81. The third kappa shape index (κ3) is 1.95. The molecule has 0 atom stereocenters. The average Bonchev–Trinajstić information content (AvgIpc) is 2.64. The molecule has 0 spiro atoms. The molecule has 4 nitrogen and oxygen atoms in total. The van der Waals surface area contributed by atoms with Crippen LogP contribution >= 0.6 is 0 Å². The van der Waals surface area contributed by atoms with Gasteiger partial charge in [-0.05, 0) is 6.07 Å². The molecule has 1 aromatic heterocycles. The third-order valence-corrected chi connectivity index (χ3v) is 3.04. The number of para-hydroxylation sites is 1. The van der Waals surface area contributed by atoms with Gasteiger partial charge in [0.05, 0.1) is 13.2 Å². The van der Waals surface area contributed by atoms with E-state index in [9.17, 15) is 0 Å². The van der Waals surface area contributed by atoms with Gasteiger partial charge in [-0.3, -0.25) is 0 Å². The van der Waals surface area contributed by atoms with Gasteiger partial charge in [0, 0.05) is 17.5 Å². The van der Waals surface area contributed by atoms with Gasteiger partial charge in [0.1, 0.15) is 24.1 Å². The molecule has 3 rings (SSSR count). The van der Waals surface area contributed by atoms with E-state index in [2.05, 4.69) is 0 Å². The Morgan fingerprint density at radius 2 is 2.12 bits per heavy atom. The zero-order chi connectivity index (χ0) is 11.7. The fourth-order valence-corrected chi connectivity index (χ4v) is 1.99. The van der Waals surface area contributed by atoms with Gasteiger partial charge in [-0.1, -0.05) is 18.2 Å². The van der Waals surface area contributed by atoms with E-state index >= 15 is 0 Å². The zero-order valence-corrected chi connectivity index (χ0v) is 9.52. The van der Waals surface area contributed by atoms with E-state index in [1.807, 2.05) is 24.3 Å². The lowest BCUT2D eigenvalue weighted by molar-refractivity contribution is -0.137. The predicted molar refractivity (Wildman–Crippen MR) is 63.5 cm³/mol. The SMILES string of the molecule is NCc1c(COC2COC2)oc2ccccc12. The molecule has 2 N–H and O–H groups in total. The summed E-state index contributed by atoms with van der Waals surface area (Å²) < 4.78 is 16.5. The molecule has 1 aliphatic rings. The molecule has 1 aliphatic heterocycles. The van der Waals surface area contributed by atoms with E-state index in [0.717, 1.165) is 22.3 Å². The highest BCUT2D eigenvalue weighted by Crippen LogP contribution is 2.26. The summed E-state index contributed by atoms with van der Waals surface area (Å²) in [6.07, 6.45) is 0.203. The Kier molecular flexibility index (Phi) is 2.84. The number of rotatable bonds is 4. The largest absolute Gasteiger partial charge is 0.458 e. The molecular weight excluding hydrogens is 218 g/mol. The van der Waals surface area contributed by atoms with Crippen molar-refractivity contribution in [1.29, 1.82) is 0 Å². The van der Waals surface area contributed by atoms with Crippen molar-refractivity contribution in [2.75, 3.05) is 13.2 Å². The van der Waals surface area contributed by atoms with Crippen LogP contribution in [0.2, 0.25) is 0 Å². The molecule has 4 heteroatoms. The molecule has 0 saturated carbocycles. The highest BCUT2D eigenvalue weighted by atomic mass is 16.6. The minimum absolute atomic E-state index is 0.203. The molecule has 0 unspecified atom stereocenters. The van der Waals surface area contributed by atoms with Crippen molar-refractivity contribution in [1.82, 2.24) is 0 Å². The molecule has 90 valence electrons. The number of benzene rings is 1. The Labute approximate surface area is 99.3 Å². The maximum atomic E-state index is 5.77. The molecule has 1 saturated heterocycles. The van der Waals surface area contributed by atoms with Crippen molar-refractivity contribution >= 4 is 11.0 Å². The van der Waals surface area contributed by atoms with Crippen molar-refractivity contribution in [2.45, 2.75) is 19.3 Å². The summed E-state index contributed by atoms with van der Waals surface area (Å²) in [4.78, 5) is 0. The van der Waals surface area contributed by atoms with Crippen LogP contribution in [0, 0.1) is 0 Å². The second-order valence-electron chi connectivity index (χ2n) is 4.17. The Bertz CT molecular complexity index is 516. The van der Waals surface area contributed by atoms with Crippen LogP contribution in [-0.4, -0.2) is 19.3 Å². The average molecular weight is 233 g/mol. The van der Waals surface area contributed by atoms with Gasteiger partial charge in [0.2, 0.25) is 0 Å². The first-order chi connectivity index (χ1) is 8.38. The Morgan fingerprint density at radius 1 is 1.29 bits per heavy atom. The van der Waals surface area contributed by atoms with Gasteiger partial charge < -0.3 is 19.6 Å². The lowest BCUT2D eigenvalue weighted by Gasteiger charge is -2.25. The standard InChI is InChI=1S/C13H15NO3/c14-5-11-10-3-1-2-4-12(10)17-13(11)8-16-9-6-15-7-9/h1-4,9H,5-8,14H2. The number of furan rings is 1. The van der Waals surface area contributed by atoms with E-state index in [4.69, 9.17) is 19.6 Å². The monoisotopic (exact) mass is 233 g/mol. The van der Waals surface area contributed by atoms with Crippen molar-refractivity contribution in [3.05, 3.63) is 35.6 Å². The van der Waals surface area contributed by atoms with Crippen LogP contribution in [0.1, 0.15) is 11.3 Å². The van der Waals surface area contributed by atoms with Gasteiger partial charge in [-0.25, -0.2) is 0 Å². The van der Waals surface area contributed by atoms with Crippen LogP contribution in [0.4, 0.5) is 0 Å². The van der Waals surface area contributed by atoms with Gasteiger partial charge in [0.15, 0.2) is 0 Å². The number of hydrogen-bond donors (Lipinski definition) is 1. The maximum absolute atomic E-state index is 5.77. The summed E-state index contributed by atoms with van der Waals surface area (Å²) in [5.41, 5.74) is 7.69. The second kappa shape index (κ2) is 4.49. The van der Waals surface area contributed by atoms with Crippen LogP contribution in [0.15, 0.2) is 28.7 Å². The minimum atomic E-state index is 0.203. The molecule has 2 aromatic rings. The van der Waals surface area contributed by atoms with E-state index in [-0.39, 0.29) is 6.10 Å². The normalized spacial score (nSPS) is 16.3. The van der Waals surface area contributed by atoms with Crippen LogP contribution in [0.25, 0.3) is 11.0 Å². The number of fused-ring (bicyclic) bond motifs is 1. The van der Waals surface area contributed by atoms with Crippen LogP contribution in [-0.2, 0) is 22.6 Å².